The molecule has 1 aromatic heterocycles. The van der Waals surface area contributed by atoms with Crippen LogP contribution >= 0.6 is 0 Å². The van der Waals surface area contributed by atoms with Crippen molar-refractivity contribution in [2.75, 3.05) is 31.6 Å². The monoisotopic (exact) mass is 391 g/mol. The minimum atomic E-state index is -0.000351. The number of likely N-dealkylation sites (N-methyl/N-ethyl adjacent to an activating group) is 1. The van der Waals surface area contributed by atoms with Gasteiger partial charge in [0.1, 0.15) is 11.5 Å². The second-order valence-corrected chi connectivity index (χ2v) is 7.31. The number of carbonyl (C=O) groups excluding carboxylic acids is 1. The summed E-state index contributed by atoms with van der Waals surface area (Å²) in [5, 5.41) is 9.06. The molecular weight excluding hydrogens is 366 g/mol. The van der Waals surface area contributed by atoms with Gasteiger partial charge in [-0.15, -0.1) is 0 Å². The van der Waals surface area contributed by atoms with E-state index >= 15 is 0 Å². The lowest BCUT2D eigenvalue weighted by Crippen LogP contribution is -2.35. The predicted octanol–water partition coefficient (Wildman–Crippen LogP) is 2.89. The van der Waals surface area contributed by atoms with E-state index in [-0.39, 0.29) is 12.5 Å². The number of aliphatic hydroxyl groups excluding tert-OH is 1. The standard InChI is InChI=1S/C23H25N3O3/c1-25(13-14-27)19-9-7-18(8-10-19)23(28)26-12-11-21-20(16-26)24-22(29-21)15-17-5-3-2-4-6-17/h2-10,27H,11-16H2,1H3. The van der Waals surface area contributed by atoms with E-state index < -0.39 is 0 Å². The number of carbonyl (C=O) groups is 1. The minimum absolute atomic E-state index is 0.000351. The second kappa shape index (κ2) is 8.49. The van der Waals surface area contributed by atoms with Gasteiger partial charge in [0.15, 0.2) is 5.89 Å². The number of rotatable bonds is 6. The van der Waals surface area contributed by atoms with E-state index in [1.54, 1.807) is 0 Å². The Kier molecular flexibility index (Phi) is 5.62. The molecule has 0 atom stereocenters. The molecule has 1 amide bonds. The van der Waals surface area contributed by atoms with Crippen LogP contribution in [0, 0.1) is 0 Å². The highest BCUT2D eigenvalue weighted by Crippen LogP contribution is 2.23. The van der Waals surface area contributed by atoms with Crippen molar-refractivity contribution in [2.45, 2.75) is 19.4 Å². The third-order valence-electron chi connectivity index (χ3n) is 5.25. The number of amides is 1. The number of aliphatic hydroxyl groups is 1. The van der Waals surface area contributed by atoms with Gasteiger partial charge in [-0.2, -0.15) is 0 Å². The molecule has 0 saturated heterocycles. The summed E-state index contributed by atoms with van der Waals surface area (Å²) in [5.41, 5.74) is 3.64. The minimum Gasteiger partial charge on any atom is -0.445 e. The summed E-state index contributed by atoms with van der Waals surface area (Å²) in [5.74, 6) is 1.59. The summed E-state index contributed by atoms with van der Waals surface area (Å²) in [6, 6.07) is 17.6. The molecule has 150 valence electrons. The van der Waals surface area contributed by atoms with Crippen LogP contribution in [0.3, 0.4) is 0 Å². The molecule has 0 radical (unpaired) electrons. The Balaban J connectivity index is 1.43. The quantitative estimate of drug-likeness (QED) is 0.700. The molecule has 1 aliphatic rings. The summed E-state index contributed by atoms with van der Waals surface area (Å²) in [4.78, 5) is 21.3. The molecule has 4 rings (SSSR count). The third kappa shape index (κ3) is 4.32. The largest absolute Gasteiger partial charge is 0.445 e. The van der Waals surface area contributed by atoms with Crippen molar-refractivity contribution in [2.24, 2.45) is 0 Å². The van der Waals surface area contributed by atoms with E-state index in [9.17, 15) is 4.79 Å². The zero-order chi connectivity index (χ0) is 20.2. The fourth-order valence-corrected chi connectivity index (χ4v) is 3.59. The first kappa shape index (κ1) is 19.2. The molecule has 3 aromatic rings. The molecule has 0 aliphatic carbocycles. The van der Waals surface area contributed by atoms with Crippen LogP contribution in [0.5, 0.6) is 0 Å². The van der Waals surface area contributed by atoms with Gasteiger partial charge in [-0.3, -0.25) is 4.79 Å². The van der Waals surface area contributed by atoms with Gasteiger partial charge in [0.2, 0.25) is 0 Å². The lowest BCUT2D eigenvalue weighted by molar-refractivity contribution is 0.0728. The van der Waals surface area contributed by atoms with Gasteiger partial charge in [0.05, 0.1) is 13.2 Å². The number of fused-ring (bicyclic) bond motifs is 1. The Morgan fingerprint density at radius 2 is 1.93 bits per heavy atom. The SMILES string of the molecule is CN(CCO)c1ccc(C(=O)N2CCc3oc(Cc4ccccc4)nc3C2)cc1. The van der Waals surface area contributed by atoms with E-state index in [1.165, 1.54) is 0 Å². The normalized spacial score (nSPS) is 13.2. The average molecular weight is 391 g/mol. The number of hydrogen-bond acceptors (Lipinski definition) is 5. The zero-order valence-corrected chi connectivity index (χ0v) is 16.5. The van der Waals surface area contributed by atoms with Crippen LogP contribution in [0.15, 0.2) is 59.0 Å². The van der Waals surface area contributed by atoms with Crippen LogP contribution in [0.2, 0.25) is 0 Å². The second-order valence-electron chi connectivity index (χ2n) is 7.31. The van der Waals surface area contributed by atoms with Crippen molar-refractivity contribution in [3.8, 4) is 0 Å². The molecule has 29 heavy (non-hydrogen) atoms. The lowest BCUT2D eigenvalue weighted by atomic mass is 10.1. The number of oxazole rings is 1. The van der Waals surface area contributed by atoms with Crippen molar-refractivity contribution in [1.82, 2.24) is 9.88 Å². The van der Waals surface area contributed by atoms with Gasteiger partial charge < -0.3 is 19.3 Å². The Hall–Kier alpha value is -3.12. The third-order valence-corrected chi connectivity index (χ3v) is 5.25. The average Bonchev–Trinajstić information content (AvgIpc) is 3.15. The van der Waals surface area contributed by atoms with E-state index in [2.05, 4.69) is 17.1 Å². The molecular formula is C23H25N3O3. The Morgan fingerprint density at radius 3 is 2.66 bits per heavy atom. The number of nitrogens with zero attached hydrogens (tertiary/aromatic N) is 3. The van der Waals surface area contributed by atoms with Crippen molar-refractivity contribution in [1.29, 1.82) is 0 Å². The Labute approximate surface area is 170 Å². The fraction of sp³-hybridized carbons (Fsp3) is 0.304. The molecule has 0 bridgehead atoms. The Morgan fingerprint density at radius 1 is 1.17 bits per heavy atom. The van der Waals surface area contributed by atoms with Crippen molar-refractivity contribution in [3.63, 3.8) is 0 Å². The van der Waals surface area contributed by atoms with Gasteiger partial charge >= 0.3 is 0 Å². The number of anilines is 1. The first-order valence-electron chi connectivity index (χ1n) is 9.87. The summed E-state index contributed by atoms with van der Waals surface area (Å²) in [6.45, 7) is 1.74. The maximum atomic E-state index is 12.9. The summed E-state index contributed by atoms with van der Waals surface area (Å²) in [7, 11) is 1.91. The highest BCUT2D eigenvalue weighted by molar-refractivity contribution is 5.94. The molecule has 0 fully saturated rings. The smallest absolute Gasteiger partial charge is 0.254 e. The predicted molar refractivity (Wildman–Crippen MR) is 111 cm³/mol. The van der Waals surface area contributed by atoms with Gasteiger partial charge in [-0.25, -0.2) is 4.98 Å². The van der Waals surface area contributed by atoms with Gasteiger partial charge in [0, 0.05) is 44.2 Å². The maximum Gasteiger partial charge on any atom is 0.254 e. The first-order valence-corrected chi connectivity index (χ1v) is 9.87. The van der Waals surface area contributed by atoms with Crippen LogP contribution in [0.1, 0.15) is 33.3 Å². The highest BCUT2D eigenvalue weighted by Gasteiger charge is 2.26. The van der Waals surface area contributed by atoms with Crippen LogP contribution in [-0.2, 0) is 19.4 Å². The van der Waals surface area contributed by atoms with Crippen LogP contribution < -0.4 is 4.90 Å². The fourth-order valence-electron chi connectivity index (χ4n) is 3.59. The molecule has 1 N–H and O–H groups in total. The van der Waals surface area contributed by atoms with Gasteiger partial charge in [0.25, 0.3) is 5.91 Å². The molecule has 6 heteroatoms. The number of hydrogen-bond donors (Lipinski definition) is 1. The summed E-state index contributed by atoms with van der Waals surface area (Å²) in [6.07, 6.45) is 1.34. The molecule has 0 spiro atoms. The number of aromatic nitrogens is 1. The molecule has 2 aromatic carbocycles. The topological polar surface area (TPSA) is 69.8 Å². The molecule has 0 unspecified atom stereocenters. The van der Waals surface area contributed by atoms with Crippen molar-refractivity contribution in [3.05, 3.63) is 83.1 Å². The van der Waals surface area contributed by atoms with Crippen LogP contribution in [0.4, 0.5) is 5.69 Å². The van der Waals surface area contributed by atoms with Crippen molar-refractivity contribution < 1.29 is 14.3 Å². The summed E-state index contributed by atoms with van der Waals surface area (Å²) >= 11 is 0. The first-order chi connectivity index (χ1) is 14.1. The van der Waals surface area contributed by atoms with Gasteiger partial charge in [-0.1, -0.05) is 30.3 Å². The highest BCUT2D eigenvalue weighted by atomic mass is 16.4. The van der Waals surface area contributed by atoms with E-state index in [4.69, 9.17) is 9.52 Å². The zero-order valence-electron chi connectivity index (χ0n) is 16.5. The molecule has 6 nitrogen and oxygen atoms in total. The van der Waals surface area contributed by atoms with E-state index in [0.717, 1.165) is 22.7 Å². The van der Waals surface area contributed by atoms with Crippen LogP contribution in [0.25, 0.3) is 0 Å². The van der Waals surface area contributed by atoms with E-state index in [0.29, 0.717) is 43.9 Å². The maximum absolute atomic E-state index is 12.9. The number of benzene rings is 2. The molecule has 1 aliphatic heterocycles. The van der Waals surface area contributed by atoms with Crippen LogP contribution in [-0.4, -0.2) is 47.6 Å². The van der Waals surface area contributed by atoms with E-state index in [1.807, 2.05) is 59.3 Å². The van der Waals surface area contributed by atoms with Crippen molar-refractivity contribution >= 4 is 11.6 Å². The van der Waals surface area contributed by atoms with Gasteiger partial charge in [-0.05, 0) is 29.8 Å². The Bertz CT molecular complexity index is 967. The molecule has 0 saturated carbocycles. The lowest BCUT2D eigenvalue weighted by Gasteiger charge is -2.25. The molecule has 2 heterocycles. The summed E-state index contributed by atoms with van der Waals surface area (Å²) < 4.78 is 5.93.